The highest BCUT2D eigenvalue weighted by Gasteiger charge is 2.26. The lowest BCUT2D eigenvalue weighted by atomic mass is 9.83. The second-order valence-electron chi connectivity index (χ2n) is 9.64. The van der Waals surface area contributed by atoms with Crippen LogP contribution in [0.25, 0.3) is 0 Å². The van der Waals surface area contributed by atoms with Gasteiger partial charge in [-0.3, -0.25) is 4.79 Å². The van der Waals surface area contributed by atoms with Crippen molar-refractivity contribution in [3.63, 3.8) is 0 Å². The van der Waals surface area contributed by atoms with E-state index in [0.29, 0.717) is 12.3 Å². The van der Waals surface area contributed by atoms with Gasteiger partial charge in [-0.15, -0.1) is 0 Å². The van der Waals surface area contributed by atoms with Gasteiger partial charge in [0.2, 0.25) is 0 Å². The van der Waals surface area contributed by atoms with Gasteiger partial charge in [0.05, 0.1) is 12.0 Å². The summed E-state index contributed by atoms with van der Waals surface area (Å²) in [7, 11) is 0. The molecule has 0 heterocycles. The maximum absolute atomic E-state index is 12.4. The third-order valence-electron chi connectivity index (χ3n) is 7.43. The van der Waals surface area contributed by atoms with Gasteiger partial charge < -0.3 is 5.11 Å². The molecule has 1 saturated carbocycles. The van der Waals surface area contributed by atoms with Crippen LogP contribution in [0.15, 0.2) is 94.7 Å². The maximum Gasteiger partial charge on any atom is 0.167 e. The lowest BCUT2D eigenvalue weighted by molar-refractivity contribution is -0.116. The zero-order valence-electron chi connectivity index (χ0n) is 18.2. The Morgan fingerprint density at radius 3 is 2.61 bits per heavy atom. The first kappa shape index (κ1) is 20.5. The normalized spacial score (nSPS) is 27.9. The van der Waals surface area contributed by atoms with Crippen molar-refractivity contribution < 1.29 is 9.90 Å². The number of aliphatic hydroxyl groups is 1. The standard InChI is InChI=1S/C29H32O2/c30-28(26-18-24-7-3-4-8-27(24)29(31)19-26)14-12-22-16-23-13-11-21(15-25(23)17-22)10-9-20-5-1-2-6-20/h3-4,7-8,11,13,15-20,25,27-28,30H,1-2,5-6,9-10,12,14H2. The van der Waals surface area contributed by atoms with Gasteiger partial charge in [0.25, 0.3) is 0 Å². The molecule has 0 aliphatic heterocycles. The smallest absolute Gasteiger partial charge is 0.167 e. The predicted octanol–water partition coefficient (Wildman–Crippen LogP) is 6.25. The van der Waals surface area contributed by atoms with Crippen LogP contribution in [0.3, 0.4) is 0 Å². The van der Waals surface area contributed by atoms with E-state index in [9.17, 15) is 9.90 Å². The van der Waals surface area contributed by atoms with Crippen molar-refractivity contribution in [2.75, 3.05) is 0 Å². The highest BCUT2D eigenvalue weighted by Crippen LogP contribution is 2.36. The summed E-state index contributed by atoms with van der Waals surface area (Å²) in [6.07, 6.45) is 32.1. The van der Waals surface area contributed by atoms with Crippen LogP contribution in [0.2, 0.25) is 0 Å². The Morgan fingerprint density at radius 2 is 1.74 bits per heavy atom. The number of aliphatic hydroxyl groups excluding tert-OH is 1. The van der Waals surface area contributed by atoms with E-state index < -0.39 is 6.10 Å². The summed E-state index contributed by atoms with van der Waals surface area (Å²) in [4.78, 5) is 12.4. The van der Waals surface area contributed by atoms with Crippen LogP contribution in [0.4, 0.5) is 0 Å². The van der Waals surface area contributed by atoms with Gasteiger partial charge in [-0.25, -0.2) is 0 Å². The fraction of sp³-hybridized carbons (Fsp3) is 0.414. The minimum Gasteiger partial charge on any atom is -0.388 e. The number of carbonyl (C=O) groups excluding carboxylic acids is 1. The van der Waals surface area contributed by atoms with Crippen molar-refractivity contribution in [2.24, 2.45) is 17.8 Å². The van der Waals surface area contributed by atoms with E-state index >= 15 is 0 Å². The lowest BCUT2D eigenvalue weighted by Crippen LogP contribution is -2.21. The van der Waals surface area contributed by atoms with Crippen molar-refractivity contribution >= 4 is 5.78 Å². The molecule has 2 heteroatoms. The fourth-order valence-electron chi connectivity index (χ4n) is 5.57. The van der Waals surface area contributed by atoms with E-state index in [0.717, 1.165) is 23.5 Å². The van der Waals surface area contributed by atoms with Crippen molar-refractivity contribution in [1.29, 1.82) is 0 Å². The number of carbonyl (C=O) groups is 1. The van der Waals surface area contributed by atoms with Crippen molar-refractivity contribution in [2.45, 2.75) is 57.5 Å². The van der Waals surface area contributed by atoms with Crippen LogP contribution in [0, 0.1) is 17.8 Å². The molecule has 0 spiro atoms. The zero-order valence-corrected chi connectivity index (χ0v) is 18.2. The summed E-state index contributed by atoms with van der Waals surface area (Å²) >= 11 is 0. The number of ketones is 1. The Bertz CT molecular complexity index is 986. The summed E-state index contributed by atoms with van der Waals surface area (Å²) in [6.45, 7) is 0. The molecule has 5 rings (SSSR count). The first-order valence-corrected chi connectivity index (χ1v) is 12.0. The van der Waals surface area contributed by atoms with Gasteiger partial charge in [-0.05, 0) is 54.4 Å². The molecule has 2 nitrogen and oxygen atoms in total. The average Bonchev–Trinajstić information content (AvgIpc) is 3.45. The molecular formula is C29H32O2. The summed E-state index contributed by atoms with van der Waals surface area (Å²) < 4.78 is 0. The van der Waals surface area contributed by atoms with Crippen LogP contribution in [-0.4, -0.2) is 17.0 Å². The average molecular weight is 413 g/mol. The Morgan fingerprint density at radius 1 is 0.903 bits per heavy atom. The second kappa shape index (κ2) is 8.96. The second-order valence-corrected chi connectivity index (χ2v) is 9.64. The molecule has 0 saturated heterocycles. The summed E-state index contributed by atoms with van der Waals surface area (Å²) in [5, 5.41) is 10.7. The Balaban J connectivity index is 1.17. The van der Waals surface area contributed by atoms with Crippen molar-refractivity contribution in [3.8, 4) is 0 Å². The molecule has 0 aromatic rings. The van der Waals surface area contributed by atoms with Crippen molar-refractivity contribution in [3.05, 3.63) is 94.7 Å². The lowest BCUT2D eigenvalue weighted by Gasteiger charge is -2.22. The third-order valence-corrected chi connectivity index (χ3v) is 7.43. The summed E-state index contributed by atoms with van der Waals surface area (Å²) in [5.74, 6) is 1.23. The minimum atomic E-state index is -0.605. The van der Waals surface area contributed by atoms with Gasteiger partial charge in [0.1, 0.15) is 0 Å². The summed E-state index contributed by atoms with van der Waals surface area (Å²) in [6, 6.07) is 0. The molecule has 31 heavy (non-hydrogen) atoms. The number of rotatable bonds is 7. The number of fused-ring (bicyclic) bond motifs is 2. The van der Waals surface area contributed by atoms with Gasteiger partial charge in [-0.1, -0.05) is 97.6 Å². The number of allylic oxidation sites excluding steroid dienone is 14. The summed E-state index contributed by atoms with van der Waals surface area (Å²) in [5.41, 5.74) is 5.87. The third kappa shape index (κ3) is 4.60. The fourth-order valence-corrected chi connectivity index (χ4v) is 5.57. The Hall–Kier alpha value is -2.45. The minimum absolute atomic E-state index is 0.0702. The van der Waals surface area contributed by atoms with E-state index in [2.05, 4.69) is 30.4 Å². The highest BCUT2D eigenvalue weighted by molar-refractivity contribution is 5.98. The van der Waals surface area contributed by atoms with Crippen molar-refractivity contribution in [1.82, 2.24) is 0 Å². The number of hydrogen-bond acceptors (Lipinski definition) is 2. The molecule has 3 unspecified atom stereocenters. The largest absolute Gasteiger partial charge is 0.388 e. The van der Waals surface area contributed by atoms with E-state index in [-0.39, 0.29) is 11.7 Å². The molecule has 3 atom stereocenters. The van der Waals surface area contributed by atoms with E-state index in [1.54, 1.807) is 6.08 Å². The maximum atomic E-state index is 12.4. The first-order chi connectivity index (χ1) is 15.2. The van der Waals surface area contributed by atoms with Crippen LogP contribution in [0.1, 0.15) is 51.4 Å². The predicted molar refractivity (Wildman–Crippen MR) is 126 cm³/mol. The van der Waals surface area contributed by atoms with Gasteiger partial charge in [0.15, 0.2) is 5.78 Å². The van der Waals surface area contributed by atoms with Crippen LogP contribution in [0.5, 0.6) is 0 Å². The molecule has 5 aliphatic rings. The SMILES string of the molecule is O=C1C=C(C(O)CCC2=CC3C=C(CCC4CCCC4)C=CC3=C2)C=C2C=CC=CC12. The monoisotopic (exact) mass is 412 g/mol. The molecule has 1 N–H and O–H groups in total. The zero-order chi connectivity index (χ0) is 21.2. The molecule has 0 aromatic carbocycles. The molecular weight excluding hydrogens is 380 g/mol. The van der Waals surface area contributed by atoms with E-state index in [1.807, 2.05) is 30.4 Å². The molecule has 5 aliphatic carbocycles. The molecule has 0 aromatic heterocycles. The van der Waals surface area contributed by atoms with E-state index in [4.69, 9.17) is 0 Å². The molecule has 1 fully saturated rings. The van der Waals surface area contributed by atoms with Gasteiger partial charge in [-0.2, -0.15) is 0 Å². The van der Waals surface area contributed by atoms with Crippen LogP contribution in [-0.2, 0) is 4.79 Å². The molecule has 0 radical (unpaired) electrons. The van der Waals surface area contributed by atoms with Gasteiger partial charge in [0, 0.05) is 5.92 Å². The first-order valence-electron chi connectivity index (χ1n) is 12.0. The molecule has 0 amide bonds. The molecule has 160 valence electrons. The Labute approximate surface area is 185 Å². The van der Waals surface area contributed by atoms with Gasteiger partial charge >= 0.3 is 0 Å². The van der Waals surface area contributed by atoms with Crippen LogP contribution >= 0.6 is 0 Å². The van der Waals surface area contributed by atoms with Crippen LogP contribution < -0.4 is 0 Å². The van der Waals surface area contributed by atoms with E-state index in [1.165, 1.54) is 55.2 Å². The topological polar surface area (TPSA) is 37.3 Å². The molecule has 0 bridgehead atoms. The highest BCUT2D eigenvalue weighted by atomic mass is 16.3. The quantitative estimate of drug-likeness (QED) is 0.536. The Kier molecular flexibility index (Phi) is 5.91. The number of hydrogen-bond donors (Lipinski definition) is 1.